The molecule has 2 heteroatoms. The van der Waals surface area contributed by atoms with Crippen molar-refractivity contribution in [3.05, 3.63) is 48.0 Å². The molecule has 1 atom stereocenters. The van der Waals surface area contributed by atoms with E-state index in [1.165, 1.54) is 0 Å². The zero-order valence-corrected chi connectivity index (χ0v) is 10.2. The molecule has 88 valence electrons. The molecule has 1 rings (SSSR count). The number of benzene rings is 1. The lowest BCUT2D eigenvalue weighted by molar-refractivity contribution is -0.116. The highest BCUT2D eigenvalue weighted by Crippen LogP contribution is 1.98. The van der Waals surface area contributed by atoms with Gasteiger partial charge in [0.05, 0.1) is 6.10 Å². The van der Waals surface area contributed by atoms with Crippen molar-refractivity contribution in [2.45, 2.75) is 33.3 Å². The molecule has 0 aliphatic heterocycles. The van der Waals surface area contributed by atoms with Gasteiger partial charge >= 0.3 is 0 Å². The molecule has 1 aromatic carbocycles. The number of hydrogen-bond acceptors (Lipinski definition) is 2. The molecule has 2 nitrogen and oxygen atoms in total. The summed E-state index contributed by atoms with van der Waals surface area (Å²) < 4.78 is 0. The number of Topliss-reactive ketones (excluding diaryl/α,β-unsaturated/α-hetero) is 1. The van der Waals surface area contributed by atoms with Gasteiger partial charge in [0.15, 0.2) is 0 Å². The van der Waals surface area contributed by atoms with Gasteiger partial charge in [0, 0.05) is 6.42 Å². The lowest BCUT2D eigenvalue weighted by atomic mass is 10.1. The monoisotopic (exact) mass is 220 g/mol. The minimum absolute atomic E-state index is 0.214. The van der Waals surface area contributed by atoms with Gasteiger partial charge in [0.2, 0.25) is 0 Å². The summed E-state index contributed by atoms with van der Waals surface area (Å²) in [5, 5.41) is 8.53. The maximum atomic E-state index is 10.6. The van der Waals surface area contributed by atoms with Crippen molar-refractivity contribution >= 4 is 5.78 Å². The molecular formula is C14H20O2. The van der Waals surface area contributed by atoms with Gasteiger partial charge < -0.3 is 5.11 Å². The van der Waals surface area contributed by atoms with Gasteiger partial charge in [-0.15, -0.1) is 0 Å². The summed E-state index contributed by atoms with van der Waals surface area (Å²) >= 11 is 0. The van der Waals surface area contributed by atoms with Crippen molar-refractivity contribution in [3.8, 4) is 0 Å². The molecule has 0 aromatic heterocycles. The SMILES string of the molecule is C=C(C)C(C)O.CC(=O)Cc1ccccc1. The summed E-state index contributed by atoms with van der Waals surface area (Å²) in [5.74, 6) is 0.214. The molecule has 1 aromatic rings. The van der Waals surface area contributed by atoms with Crippen molar-refractivity contribution in [1.29, 1.82) is 0 Å². The summed E-state index contributed by atoms with van der Waals surface area (Å²) in [6, 6.07) is 9.75. The summed E-state index contributed by atoms with van der Waals surface area (Å²) in [6.45, 7) is 8.60. The van der Waals surface area contributed by atoms with Crippen LogP contribution < -0.4 is 0 Å². The van der Waals surface area contributed by atoms with Crippen molar-refractivity contribution in [2.75, 3.05) is 0 Å². The third-order valence-corrected chi connectivity index (χ3v) is 2.01. The molecular weight excluding hydrogens is 200 g/mol. The zero-order chi connectivity index (χ0) is 12.6. The topological polar surface area (TPSA) is 37.3 Å². The first kappa shape index (κ1) is 14.6. The first-order chi connectivity index (χ1) is 7.43. The van der Waals surface area contributed by atoms with E-state index in [-0.39, 0.29) is 11.9 Å². The Hall–Kier alpha value is -1.41. The number of carbonyl (C=O) groups is 1. The van der Waals surface area contributed by atoms with Crippen LogP contribution in [0.25, 0.3) is 0 Å². The van der Waals surface area contributed by atoms with E-state index in [1.807, 2.05) is 30.3 Å². The van der Waals surface area contributed by atoms with Crippen LogP contribution in [0, 0.1) is 0 Å². The summed E-state index contributed by atoms with van der Waals surface area (Å²) in [6.07, 6.45) is 0.214. The Morgan fingerprint density at radius 2 is 1.75 bits per heavy atom. The molecule has 16 heavy (non-hydrogen) atoms. The predicted molar refractivity (Wildman–Crippen MR) is 67.3 cm³/mol. The van der Waals surface area contributed by atoms with E-state index < -0.39 is 0 Å². The Morgan fingerprint density at radius 3 is 2.06 bits per heavy atom. The first-order valence-electron chi connectivity index (χ1n) is 5.30. The van der Waals surface area contributed by atoms with Crippen LogP contribution in [0.2, 0.25) is 0 Å². The Balaban J connectivity index is 0.000000325. The van der Waals surface area contributed by atoms with E-state index in [1.54, 1.807) is 20.8 Å². The largest absolute Gasteiger partial charge is 0.389 e. The van der Waals surface area contributed by atoms with Crippen molar-refractivity contribution in [2.24, 2.45) is 0 Å². The highest BCUT2D eigenvalue weighted by atomic mass is 16.3. The molecule has 1 unspecified atom stereocenters. The summed E-state index contributed by atoms with van der Waals surface area (Å²) in [5.41, 5.74) is 1.91. The smallest absolute Gasteiger partial charge is 0.134 e. The van der Waals surface area contributed by atoms with Gasteiger partial charge in [0.1, 0.15) is 5.78 Å². The zero-order valence-electron chi connectivity index (χ0n) is 10.2. The fraction of sp³-hybridized carbons (Fsp3) is 0.357. The minimum atomic E-state index is -0.343. The molecule has 0 amide bonds. The number of hydrogen-bond donors (Lipinski definition) is 1. The highest BCUT2D eigenvalue weighted by molar-refractivity contribution is 5.78. The molecule has 0 aliphatic rings. The Bertz CT molecular complexity index is 326. The minimum Gasteiger partial charge on any atom is -0.389 e. The van der Waals surface area contributed by atoms with E-state index in [2.05, 4.69) is 6.58 Å². The lowest BCUT2D eigenvalue weighted by Gasteiger charge is -1.97. The van der Waals surface area contributed by atoms with Gasteiger partial charge in [-0.25, -0.2) is 0 Å². The van der Waals surface area contributed by atoms with Crippen molar-refractivity contribution < 1.29 is 9.90 Å². The molecule has 0 bridgehead atoms. The van der Waals surface area contributed by atoms with Crippen molar-refractivity contribution in [1.82, 2.24) is 0 Å². The third kappa shape index (κ3) is 7.94. The van der Waals surface area contributed by atoms with Crippen LogP contribution in [0.15, 0.2) is 42.5 Å². The van der Waals surface area contributed by atoms with Crippen LogP contribution in [-0.2, 0) is 11.2 Å². The van der Waals surface area contributed by atoms with Crippen LogP contribution >= 0.6 is 0 Å². The molecule has 0 saturated heterocycles. The summed E-state index contributed by atoms with van der Waals surface area (Å²) in [4.78, 5) is 10.6. The molecule has 0 saturated carbocycles. The average Bonchev–Trinajstić information content (AvgIpc) is 2.19. The highest BCUT2D eigenvalue weighted by Gasteiger charge is 1.93. The normalized spacial score (nSPS) is 11.0. The Labute approximate surface area is 97.6 Å². The van der Waals surface area contributed by atoms with E-state index in [4.69, 9.17) is 5.11 Å². The molecule has 0 fully saturated rings. The fourth-order valence-electron chi connectivity index (χ4n) is 0.883. The number of ketones is 1. The van der Waals surface area contributed by atoms with Crippen LogP contribution in [0.1, 0.15) is 26.3 Å². The standard InChI is InChI=1S/C9H10O.C5H10O/c1-8(10)7-9-5-3-2-4-6-9;1-4(2)5(3)6/h2-6H,7H2,1H3;5-6H,1H2,2-3H3. The van der Waals surface area contributed by atoms with Crippen LogP contribution in [0.5, 0.6) is 0 Å². The molecule has 0 aliphatic carbocycles. The second-order valence-corrected chi connectivity index (χ2v) is 3.89. The van der Waals surface area contributed by atoms with Crippen molar-refractivity contribution in [3.63, 3.8) is 0 Å². The first-order valence-corrected chi connectivity index (χ1v) is 5.30. The van der Waals surface area contributed by atoms with Crippen LogP contribution in [-0.4, -0.2) is 17.0 Å². The maximum absolute atomic E-state index is 10.6. The maximum Gasteiger partial charge on any atom is 0.134 e. The number of aliphatic hydroxyl groups excluding tert-OH is 1. The molecule has 0 spiro atoms. The Kier molecular flexibility index (Phi) is 7.14. The lowest BCUT2D eigenvalue weighted by Crippen LogP contribution is -1.97. The van der Waals surface area contributed by atoms with E-state index in [0.717, 1.165) is 11.1 Å². The van der Waals surface area contributed by atoms with Crippen LogP contribution in [0.3, 0.4) is 0 Å². The fourth-order valence-corrected chi connectivity index (χ4v) is 0.883. The van der Waals surface area contributed by atoms with Crippen LogP contribution in [0.4, 0.5) is 0 Å². The second kappa shape index (κ2) is 7.83. The third-order valence-electron chi connectivity index (χ3n) is 2.01. The quantitative estimate of drug-likeness (QED) is 0.795. The van der Waals surface area contributed by atoms with Gasteiger partial charge in [0.25, 0.3) is 0 Å². The molecule has 1 N–H and O–H groups in total. The Morgan fingerprint density at radius 1 is 1.31 bits per heavy atom. The van der Waals surface area contributed by atoms with E-state index >= 15 is 0 Å². The number of aliphatic hydroxyl groups is 1. The molecule has 0 radical (unpaired) electrons. The second-order valence-electron chi connectivity index (χ2n) is 3.89. The number of carbonyl (C=O) groups excluding carboxylic acids is 1. The van der Waals surface area contributed by atoms with Gasteiger partial charge in [-0.05, 0) is 26.3 Å². The number of rotatable bonds is 3. The van der Waals surface area contributed by atoms with E-state index in [9.17, 15) is 4.79 Å². The summed E-state index contributed by atoms with van der Waals surface area (Å²) in [7, 11) is 0. The predicted octanol–water partition coefficient (Wildman–Crippen LogP) is 2.76. The van der Waals surface area contributed by atoms with Gasteiger partial charge in [-0.3, -0.25) is 4.79 Å². The van der Waals surface area contributed by atoms with E-state index in [0.29, 0.717) is 6.42 Å². The van der Waals surface area contributed by atoms with Gasteiger partial charge in [-0.2, -0.15) is 0 Å². The van der Waals surface area contributed by atoms with Gasteiger partial charge in [-0.1, -0.05) is 42.5 Å². The average molecular weight is 220 g/mol. The molecule has 0 heterocycles.